The standard InChI is InChI=1S/C15H16ClNO3S2/c16-13-5-2-1-4-12(13)7-9-17-14(18)8-11-22(19,20)15-6-3-10-21-15/h1-6,10H,7-9,11H2,(H,17,18). The van der Waals surface area contributed by atoms with Crippen LogP contribution in [0.4, 0.5) is 0 Å². The van der Waals surface area contributed by atoms with E-state index in [0.717, 1.165) is 16.9 Å². The number of rotatable bonds is 7. The van der Waals surface area contributed by atoms with E-state index in [2.05, 4.69) is 5.32 Å². The Balaban J connectivity index is 1.76. The van der Waals surface area contributed by atoms with Gasteiger partial charge < -0.3 is 5.32 Å². The van der Waals surface area contributed by atoms with Crippen molar-refractivity contribution in [2.75, 3.05) is 12.3 Å². The van der Waals surface area contributed by atoms with E-state index in [4.69, 9.17) is 11.6 Å². The van der Waals surface area contributed by atoms with Gasteiger partial charge in [-0.05, 0) is 29.5 Å². The summed E-state index contributed by atoms with van der Waals surface area (Å²) >= 11 is 7.19. The average molecular weight is 358 g/mol. The fraction of sp³-hybridized carbons (Fsp3) is 0.267. The maximum absolute atomic E-state index is 12.0. The number of thiophene rings is 1. The van der Waals surface area contributed by atoms with Crippen molar-refractivity contribution in [2.24, 2.45) is 0 Å². The largest absolute Gasteiger partial charge is 0.356 e. The second kappa shape index (κ2) is 7.76. The summed E-state index contributed by atoms with van der Waals surface area (Å²) in [6.07, 6.45) is 0.575. The minimum atomic E-state index is -3.36. The number of sulfone groups is 1. The van der Waals surface area contributed by atoms with Crippen LogP contribution in [0, 0.1) is 0 Å². The normalized spacial score (nSPS) is 11.3. The summed E-state index contributed by atoms with van der Waals surface area (Å²) in [6.45, 7) is 0.432. The molecule has 7 heteroatoms. The van der Waals surface area contributed by atoms with Gasteiger partial charge in [0.1, 0.15) is 4.21 Å². The van der Waals surface area contributed by atoms with Gasteiger partial charge in [0.05, 0.1) is 5.75 Å². The molecule has 0 atom stereocenters. The highest BCUT2D eigenvalue weighted by Gasteiger charge is 2.17. The molecule has 1 N–H and O–H groups in total. The second-order valence-electron chi connectivity index (χ2n) is 4.69. The summed E-state index contributed by atoms with van der Waals surface area (Å²) < 4.78 is 24.2. The predicted molar refractivity (Wildman–Crippen MR) is 89.2 cm³/mol. The highest BCUT2D eigenvalue weighted by atomic mass is 35.5. The zero-order valence-corrected chi connectivity index (χ0v) is 14.2. The lowest BCUT2D eigenvalue weighted by Crippen LogP contribution is -2.27. The van der Waals surface area contributed by atoms with Gasteiger partial charge in [-0.15, -0.1) is 11.3 Å². The molecular formula is C15H16ClNO3S2. The fourth-order valence-corrected chi connectivity index (χ4v) is 4.52. The first-order valence-electron chi connectivity index (χ1n) is 6.75. The molecule has 0 fully saturated rings. The topological polar surface area (TPSA) is 63.2 Å². The molecule has 118 valence electrons. The van der Waals surface area contributed by atoms with E-state index in [1.165, 1.54) is 0 Å². The van der Waals surface area contributed by atoms with Gasteiger partial charge in [-0.3, -0.25) is 4.79 Å². The fourth-order valence-electron chi connectivity index (χ4n) is 1.89. The number of hydrogen-bond donors (Lipinski definition) is 1. The molecule has 2 rings (SSSR count). The van der Waals surface area contributed by atoms with Crippen molar-refractivity contribution < 1.29 is 13.2 Å². The highest BCUT2D eigenvalue weighted by Crippen LogP contribution is 2.18. The smallest absolute Gasteiger partial charge is 0.221 e. The Morgan fingerprint density at radius 1 is 1.18 bits per heavy atom. The molecule has 0 aliphatic heterocycles. The zero-order chi connectivity index (χ0) is 16.0. The lowest BCUT2D eigenvalue weighted by Gasteiger charge is -2.07. The van der Waals surface area contributed by atoms with Gasteiger partial charge in [0, 0.05) is 18.0 Å². The van der Waals surface area contributed by atoms with Crippen LogP contribution in [0.5, 0.6) is 0 Å². The number of halogens is 1. The van der Waals surface area contributed by atoms with E-state index in [1.54, 1.807) is 23.6 Å². The van der Waals surface area contributed by atoms with Crippen LogP contribution in [0.1, 0.15) is 12.0 Å². The van der Waals surface area contributed by atoms with E-state index in [-0.39, 0.29) is 18.1 Å². The predicted octanol–water partition coefficient (Wildman–Crippen LogP) is 2.92. The number of amides is 1. The summed E-state index contributed by atoms with van der Waals surface area (Å²) in [6, 6.07) is 10.7. The summed E-state index contributed by atoms with van der Waals surface area (Å²) in [5, 5.41) is 5.09. The molecular weight excluding hydrogens is 342 g/mol. The summed E-state index contributed by atoms with van der Waals surface area (Å²) in [5.41, 5.74) is 0.954. The Labute approximate surface area is 139 Å². The van der Waals surface area contributed by atoms with Crippen LogP contribution in [0.3, 0.4) is 0 Å². The molecule has 4 nitrogen and oxygen atoms in total. The van der Waals surface area contributed by atoms with E-state index in [9.17, 15) is 13.2 Å². The molecule has 1 heterocycles. The van der Waals surface area contributed by atoms with Gasteiger partial charge >= 0.3 is 0 Å². The summed E-state index contributed by atoms with van der Waals surface area (Å²) in [7, 11) is -3.36. The van der Waals surface area contributed by atoms with Crippen molar-refractivity contribution in [2.45, 2.75) is 17.1 Å². The molecule has 0 spiro atoms. The highest BCUT2D eigenvalue weighted by molar-refractivity contribution is 7.93. The molecule has 22 heavy (non-hydrogen) atoms. The van der Waals surface area contributed by atoms with Crippen LogP contribution in [0.25, 0.3) is 0 Å². The van der Waals surface area contributed by atoms with Gasteiger partial charge in [-0.1, -0.05) is 35.9 Å². The number of hydrogen-bond acceptors (Lipinski definition) is 4. The molecule has 0 saturated heterocycles. The Kier molecular flexibility index (Phi) is 5.99. The van der Waals surface area contributed by atoms with Crippen molar-refractivity contribution in [3.05, 3.63) is 52.4 Å². The van der Waals surface area contributed by atoms with Crippen molar-refractivity contribution in [1.29, 1.82) is 0 Å². The molecule has 1 aromatic heterocycles. The van der Waals surface area contributed by atoms with Crippen molar-refractivity contribution in [1.82, 2.24) is 5.32 Å². The van der Waals surface area contributed by atoms with E-state index in [1.807, 2.05) is 18.2 Å². The summed E-state index contributed by atoms with van der Waals surface area (Å²) in [4.78, 5) is 11.7. The lowest BCUT2D eigenvalue weighted by atomic mass is 10.1. The molecule has 0 aliphatic rings. The van der Waals surface area contributed by atoms with E-state index >= 15 is 0 Å². The van der Waals surface area contributed by atoms with Crippen LogP contribution in [-0.4, -0.2) is 26.6 Å². The molecule has 0 aliphatic carbocycles. The molecule has 0 radical (unpaired) electrons. The summed E-state index contributed by atoms with van der Waals surface area (Å²) in [5.74, 6) is -0.446. The minimum absolute atomic E-state index is 0.0389. The number of carbonyl (C=O) groups is 1. The molecule has 0 saturated carbocycles. The third kappa shape index (κ3) is 4.83. The molecule has 1 aromatic carbocycles. The van der Waals surface area contributed by atoms with Crippen LogP contribution in [0.2, 0.25) is 5.02 Å². The SMILES string of the molecule is O=C(CCS(=O)(=O)c1cccs1)NCCc1ccccc1Cl. The van der Waals surface area contributed by atoms with Gasteiger partial charge in [0.15, 0.2) is 9.84 Å². The number of benzene rings is 1. The second-order valence-corrected chi connectivity index (χ2v) is 8.38. The third-order valence-corrected chi connectivity index (χ3v) is 6.65. The van der Waals surface area contributed by atoms with Gasteiger partial charge in [-0.25, -0.2) is 8.42 Å². The first-order chi connectivity index (χ1) is 10.5. The molecule has 0 unspecified atom stereocenters. The Bertz CT molecular complexity index is 727. The van der Waals surface area contributed by atoms with Crippen LogP contribution >= 0.6 is 22.9 Å². The first-order valence-corrected chi connectivity index (χ1v) is 9.66. The monoisotopic (exact) mass is 357 g/mol. The Morgan fingerprint density at radius 2 is 1.95 bits per heavy atom. The maximum Gasteiger partial charge on any atom is 0.221 e. The average Bonchev–Trinajstić information content (AvgIpc) is 3.02. The van der Waals surface area contributed by atoms with Gasteiger partial charge in [0.25, 0.3) is 0 Å². The molecule has 1 amide bonds. The lowest BCUT2D eigenvalue weighted by molar-refractivity contribution is -0.120. The van der Waals surface area contributed by atoms with E-state index < -0.39 is 9.84 Å². The first kappa shape index (κ1) is 17.0. The number of carbonyl (C=O) groups excluding carboxylic acids is 1. The molecule has 0 bridgehead atoms. The molecule has 2 aromatic rings. The number of nitrogens with one attached hydrogen (secondary N) is 1. The van der Waals surface area contributed by atoms with Gasteiger partial charge in [0.2, 0.25) is 5.91 Å². The van der Waals surface area contributed by atoms with Crippen molar-refractivity contribution in [3.8, 4) is 0 Å². The van der Waals surface area contributed by atoms with Crippen LogP contribution in [-0.2, 0) is 21.1 Å². The Morgan fingerprint density at radius 3 is 2.64 bits per heavy atom. The van der Waals surface area contributed by atoms with Gasteiger partial charge in [-0.2, -0.15) is 0 Å². The van der Waals surface area contributed by atoms with Crippen LogP contribution in [0.15, 0.2) is 46.0 Å². The van der Waals surface area contributed by atoms with Crippen molar-refractivity contribution >= 4 is 38.7 Å². The third-order valence-electron chi connectivity index (χ3n) is 3.07. The van der Waals surface area contributed by atoms with Crippen molar-refractivity contribution in [3.63, 3.8) is 0 Å². The maximum atomic E-state index is 12.0. The Hall–Kier alpha value is -1.37. The zero-order valence-electron chi connectivity index (χ0n) is 11.8. The quantitative estimate of drug-likeness (QED) is 0.828. The van der Waals surface area contributed by atoms with E-state index in [0.29, 0.717) is 22.2 Å². The minimum Gasteiger partial charge on any atom is -0.356 e. The van der Waals surface area contributed by atoms with Crippen LogP contribution < -0.4 is 5.32 Å².